The second kappa shape index (κ2) is 5.29. The van der Waals surface area contributed by atoms with Crippen molar-refractivity contribution in [1.29, 1.82) is 0 Å². The van der Waals surface area contributed by atoms with Crippen molar-refractivity contribution in [2.24, 2.45) is 0 Å². The molecule has 0 aliphatic carbocycles. The Hall–Kier alpha value is -1.05. The molecule has 100 valence electrons. The molecule has 1 aromatic rings. The Labute approximate surface area is 110 Å². The molecule has 18 heavy (non-hydrogen) atoms. The van der Waals surface area contributed by atoms with E-state index < -0.39 is 6.10 Å². The van der Waals surface area contributed by atoms with Crippen LogP contribution in [0.2, 0.25) is 0 Å². The van der Waals surface area contributed by atoms with Crippen molar-refractivity contribution in [3.8, 4) is 0 Å². The Morgan fingerprint density at radius 3 is 2.89 bits per heavy atom. The van der Waals surface area contributed by atoms with Crippen LogP contribution < -0.4 is 0 Å². The van der Waals surface area contributed by atoms with Gasteiger partial charge in [-0.25, -0.2) is 0 Å². The number of carbonyl (C=O) groups is 1. The van der Waals surface area contributed by atoms with Crippen molar-refractivity contribution < 1.29 is 9.90 Å². The molecule has 1 saturated heterocycles. The smallest absolute Gasteiger partial charge is 0.267 e. The third-order valence-corrected chi connectivity index (χ3v) is 3.89. The number of amides is 1. The summed E-state index contributed by atoms with van der Waals surface area (Å²) >= 11 is 1.12. The zero-order valence-electron chi connectivity index (χ0n) is 10.8. The van der Waals surface area contributed by atoms with Gasteiger partial charge in [-0.05, 0) is 39.0 Å². The van der Waals surface area contributed by atoms with Crippen LogP contribution in [0, 0.1) is 6.92 Å². The van der Waals surface area contributed by atoms with Crippen LogP contribution >= 0.6 is 11.5 Å². The van der Waals surface area contributed by atoms with Gasteiger partial charge in [-0.15, -0.1) is 5.10 Å². The van der Waals surface area contributed by atoms with E-state index in [-0.39, 0.29) is 11.9 Å². The van der Waals surface area contributed by atoms with Gasteiger partial charge in [0.2, 0.25) is 0 Å². The van der Waals surface area contributed by atoms with Gasteiger partial charge in [0.1, 0.15) is 4.88 Å². The Bertz CT molecular complexity index is 434. The lowest BCUT2D eigenvalue weighted by Gasteiger charge is -2.26. The monoisotopic (exact) mass is 270 g/mol. The molecule has 1 fully saturated rings. The van der Waals surface area contributed by atoms with E-state index in [1.54, 1.807) is 11.8 Å². The van der Waals surface area contributed by atoms with Gasteiger partial charge in [0.25, 0.3) is 5.91 Å². The van der Waals surface area contributed by atoms with Crippen LogP contribution in [-0.2, 0) is 0 Å². The molecule has 1 aliphatic rings. The fourth-order valence-corrected chi connectivity index (χ4v) is 2.91. The quantitative estimate of drug-likeness (QED) is 0.836. The average molecular weight is 270 g/mol. The fourth-order valence-electron chi connectivity index (χ4n) is 2.29. The number of aryl methyl sites for hydroxylation is 1. The number of hydrogen-bond acceptors (Lipinski definition) is 6. The van der Waals surface area contributed by atoms with Gasteiger partial charge in [0.05, 0.1) is 11.8 Å². The van der Waals surface area contributed by atoms with Crippen molar-refractivity contribution in [2.75, 3.05) is 27.2 Å². The molecule has 2 unspecified atom stereocenters. The van der Waals surface area contributed by atoms with Crippen molar-refractivity contribution in [3.63, 3.8) is 0 Å². The predicted octanol–water partition coefficient (Wildman–Crippen LogP) is -0.0165. The number of nitrogens with zero attached hydrogens (tertiary/aromatic N) is 4. The first-order chi connectivity index (χ1) is 8.49. The third-order valence-electron chi connectivity index (χ3n) is 3.07. The molecule has 0 aromatic carbocycles. The largest absolute Gasteiger partial charge is 0.391 e. The van der Waals surface area contributed by atoms with Crippen LogP contribution in [0.25, 0.3) is 0 Å². The lowest BCUT2D eigenvalue weighted by atomic mass is 10.2. The molecule has 0 saturated carbocycles. The normalized spacial score (nSPS) is 23.9. The van der Waals surface area contributed by atoms with Gasteiger partial charge < -0.3 is 14.9 Å². The molecule has 1 aromatic heterocycles. The van der Waals surface area contributed by atoms with Crippen molar-refractivity contribution in [1.82, 2.24) is 19.4 Å². The topological polar surface area (TPSA) is 69.6 Å². The number of β-amino-alcohol motifs (C(OH)–C–C–N with tert-alkyl or cyclic N) is 1. The highest BCUT2D eigenvalue weighted by Crippen LogP contribution is 2.23. The van der Waals surface area contributed by atoms with E-state index in [4.69, 9.17) is 0 Å². The Morgan fingerprint density at radius 1 is 1.61 bits per heavy atom. The summed E-state index contributed by atoms with van der Waals surface area (Å²) in [7, 11) is 3.93. The summed E-state index contributed by atoms with van der Waals surface area (Å²) in [4.78, 5) is 16.7. The number of hydrogen-bond donors (Lipinski definition) is 1. The maximum absolute atomic E-state index is 12.4. The maximum atomic E-state index is 12.4. The van der Waals surface area contributed by atoms with Crippen LogP contribution in [-0.4, -0.2) is 69.7 Å². The predicted molar refractivity (Wildman–Crippen MR) is 68.6 cm³/mol. The van der Waals surface area contributed by atoms with Crippen molar-refractivity contribution >= 4 is 17.4 Å². The van der Waals surface area contributed by atoms with Gasteiger partial charge >= 0.3 is 0 Å². The highest BCUT2D eigenvalue weighted by Gasteiger charge is 2.36. The van der Waals surface area contributed by atoms with Crippen LogP contribution in [0.4, 0.5) is 0 Å². The number of likely N-dealkylation sites (tertiary alicyclic amines) is 1. The third kappa shape index (κ3) is 2.68. The van der Waals surface area contributed by atoms with Gasteiger partial charge in [-0.2, -0.15) is 0 Å². The first-order valence-electron chi connectivity index (χ1n) is 5.91. The summed E-state index contributed by atoms with van der Waals surface area (Å²) in [6.07, 6.45) is 0.204. The van der Waals surface area contributed by atoms with Gasteiger partial charge in [-0.3, -0.25) is 4.79 Å². The number of aromatic nitrogens is 2. The first-order valence-corrected chi connectivity index (χ1v) is 6.69. The molecule has 2 atom stereocenters. The van der Waals surface area contributed by atoms with Crippen LogP contribution in [0.15, 0.2) is 0 Å². The number of aliphatic hydroxyl groups is 1. The summed E-state index contributed by atoms with van der Waals surface area (Å²) in [5.74, 6) is -0.0640. The van der Waals surface area contributed by atoms with E-state index in [0.717, 1.165) is 18.1 Å². The molecule has 0 spiro atoms. The zero-order chi connectivity index (χ0) is 13.3. The molecule has 2 heterocycles. The Morgan fingerprint density at radius 2 is 2.33 bits per heavy atom. The van der Waals surface area contributed by atoms with Crippen LogP contribution in [0.5, 0.6) is 0 Å². The standard InChI is InChI=1S/C11H18N4O2S/c1-7-10(18-13-12-7)11(17)15-6-9(16)4-8(15)5-14(2)3/h8-9,16H,4-6H2,1-3H3. The fraction of sp³-hybridized carbons (Fsp3) is 0.727. The SMILES string of the molecule is Cc1nnsc1C(=O)N1CC(O)CC1CN(C)C. The minimum atomic E-state index is -0.430. The summed E-state index contributed by atoms with van der Waals surface area (Å²) in [6.45, 7) is 2.94. The lowest BCUT2D eigenvalue weighted by Crippen LogP contribution is -2.41. The molecule has 6 nitrogen and oxygen atoms in total. The highest BCUT2D eigenvalue weighted by atomic mass is 32.1. The van der Waals surface area contributed by atoms with Gasteiger partial charge in [0, 0.05) is 19.1 Å². The lowest BCUT2D eigenvalue weighted by molar-refractivity contribution is 0.0703. The van der Waals surface area contributed by atoms with Crippen molar-refractivity contribution in [2.45, 2.75) is 25.5 Å². The molecule has 1 N–H and O–H groups in total. The average Bonchev–Trinajstić information content (AvgIpc) is 2.83. The summed E-state index contributed by atoms with van der Waals surface area (Å²) in [6, 6.07) is 0.0593. The molecule has 1 amide bonds. The highest BCUT2D eigenvalue weighted by molar-refractivity contribution is 7.07. The van der Waals surface area contributed by atoms with E-state index in [2.05, 4.69) is 9.59 Å². The molecule has 2 rings (SSSR count). The molecule has 0 bridgehead atoms. The zero-order valence-corrected chi connectivity index (χ0v) is 11.6. The number of aliphatic hydroxyl groups excluding tert-OH is 1. The van der Waals surface area contributed by atoms with Gasteiger partial charge in [0.15, 0.2) is 0 Å². The Balaban J connectivity index is 2.15. The first kappa shape index (κ1) is 13.4. The minimum absolute atomic E-state index is 0.0593. The van der Waals surface area contributed by atoms with E-state index in [1.165, 1.54) is 0 Å². The number of rotatable bonds is 3. The second-order valence-electron chi connectivity index (χ2n) is 4.95. The van der Waals surface area contributed by atoms with E-state index in [9.17, 15) is 9.90 Å². The molecule has 7 heteroatoms. The van der Waals surface area contributed by atoms with E-state index >= 15 is 0 Å². The van der Waals surface area contributed by atoms with E-state index in [0.29, 0.717) is 23.5 Å². The molecule has 1 aliphatic heterocycles. The number of carbonyl (C=O) groups excluding carboxylic acids is 1. The second-order valence-corrected chi connectivity index (χ2v) is 5.70. The summed E-state index contributed by atoms with van der Waals surface area (Å²) in [5, 5.41) is 13.6. The van der Waals surface area contributed by atoms with Crippen LogP contribution in [0.3, 0.4) is 0 Å². The molecular formula is C11H18N4O2S. The molecular weight excluding hydrogens is 252 g/mol. The minimum Gasteiger partial charge on any atom is -0.391 e. The molecule has 0 radical (unpaired) electrons. The van der Waals surface area contributed by atoms with E-state index in [1.807, 2.05) is 19.0 Å². The maximum Gasteiger partial charge on any atom is 0.267 e. The van der Waals surface area contributed by atoms with Crippen LogP contribution in [0.1, 0.15) is 21.8 Å². The number of likely N-dealkylation sites (N-methyl/N-ethyl adjacent to an activating group) is 1. The summed E-state index contributed by atoms with van der Waals surface area (Å²) in [5.41, 5.74) is 0.662. The van der Waals surface area contributed by atoms with Gasteiger partial charge in [-0.1, -0.05) is 4.49 Å². The Kier molecular flexibility index (Phi) is 3.94. The summed E-state index contributed by atoms with van der Waals surface area (Å²) < 4.78 is 3.79. The van der Waals surface area contributed by atoms with Crippen molar-refractivity contribution in [3.05, 3.63) is 10.6 Å².